The van der Waals surface area contributed by atoms with Crippen LogP contribution in [0, 0.1) is 0 Å². The van der Waals surface area contributed by atoms with Gasteiger partial charge < -0.3 is 0 Å². The lowest BCUT2D eigenvalue weighted by Gasteiger charge is -2.38. The van der Waals surface area contributed by atoms with E-state index in [0.29, 0.717) is 0 Å². The third-order valence-electron chi connectivity index (χ3n) is 6.79. The van der Waals surface area contributed by atoms with E-state index in [2.05, 4.69) is 74.5 Å². The molecule has 0 aliphatic carbocycles. The summed E-state index contributed by atoms with van der Waals surface area (Å²) in [5.41, 5.74) is 2.93. The second kappa shape index (κ2) is 16.1. The van der Waals surface area contributed by atoms with Gasteiger partial charge in [0, 0.05) is 0 Å². The van der Waals surface area contributed by atoms with Crippen molar-refractivity contribution in [2.75, 3.05) is 13.1 Å². The van der Waals surface area contributed by atoms with Crippen molar-refractivity contribution in [1.82, 2.24) is 4.48 Å². The number of benzene rings is 2. The van der Waals surface area contributed by atoms with Crippen molar-refractivity contribution in [2.45, 2.75) is 104 Å². The van der Waals surface area contributed by atoms with E-state index < -0.39 is 0 Å². The summed E-state index contributed by atoms with van der Waals surface area (Å²) >= 11 is 0. The zero-order valence-corrected chi connectivity index (χ0v) is 20.5. The highest BCUT2D eigenvalue weighted by Crippen LogP contribution is 2.36. The predicted octanol–water partition coefficient (Wildman–Crippen LogP) is 9.83. The molecule has 0 aliphatic rings. The zero-order chi connectivity index (χ0) is 22.0. The Balaban J connectivity index is 2.06. The Kier molecular flexibility index (Phi) is 13.3. The molecule has 0 saturated heterocycles. The molecule has 31 heavy (non-hydrogen) atoms. The third-order valence-corrected chi connectivity index (χ3v) is 6.79. The van der Waals surface area contributed by atoms with Crippen molar-refractivity contribution in [1.29, 1.82) is 0 Å². The summed E-state index contributed by atoms with van der Waals surface area (Å²) in [5.74, 6) is 0. The lowest BCUT2D eigenvalue weighted by molar-refractivity contribution is 0.354. The zero-order valence-electron chi connectivity index (χ0n) is 20.5. The molecule has 0 unspecified atom stereocenters. The van der Waals surface area contributed by atoms with E-state index in [1.54, 1.807) is 0 Å². The van der Waals surface area contributed by atoms with Crippen LogP contribution in [-0.2, 0) is 0 Å². The summed E-state index contributed by atoms with van der Waals surface area (Å²) in [5, 5.41) is 0. The number of hydrogen-bond acceptors (Lipinski definition) is 0. The van der Waals surface area contributed by atoms with Crippen LogP contribution >= 0.6 is 0 Å². The maximum atomic E-state index is 2.36. The van der Waals surface area contributed by atoms with Crippen LogP contribution in [0.4, 0.5) is 11.4 Å². The standard InChI is InChI=1S/C30H48N/c1-3-5-7-9-11-13-21-27-31(29-23-17-15-18-24-29,30-25-19-16-20-26-30)28-22-14-12-10-8-6-4-2/h15-20,23-26H,3-14,21-22,27-28H2,1-2H3/q+1. The maximum absolute atomic E-state index is 2.36. The lowest BCUT2D eigenvalue weighted by Crippen LogP contribution is -2.46. The monoisotopic (exact) mass is 422 g/mol. The molecule has 0 fully saturated rings. The van der Waals surface area contributed by atoms with Crippen LogP contribution in [0.5, 0.6) is 0 Å². The van der Waals surface area contributed by atoms with E-state index >= 15 is 0 Å². The number of nitrogens with zero attached hydrogens (tertiary/aromatic N) is 1. The van der Waals surface area contributed by atoms with Crippen molar-refractivity contribution < 1.29 is 0 Å². The van der Waals surface area contributed by atoms with Crippen LogP contribution in [-0.4, -0.2) is 13.1 Å². The molecule has 0 bridgehead atoms. The first-order valence-electron chi connectivity index (χ1n) is 13.3. The molecule has 2 rings (SSSR count). The van der Waals surface area contributed by atoms with Crippen LogP contribution in [0.3, 0.4) is 0 Å². The molecule has 172 valence electrons. The fourth-order valence-electron chi connectivity index (χ4n) is 4.88. The van der Waals surface area contributed by atoms with Gasteiger partial charge in [0.1, 0.15) is 11.4 Å². The number of hydrogen-bond donors (Lipinski definition) is 0. The van der Waals surface area contributed by atoms with Crippen LogP contribution in [0.2, 0.25) is 0 Å². The summed E-state index contributed by atoms with van der Waals surface area (Å²) in [6.07, 6.45) is 19.2. The molecule has 2 aromatic carbocycles. The number of quaternary nitrogens is 1. The van der Waals surface area contributed by atoms with Gasteiger partial charge in [-0.15, -0.1) is 0 Å². The summed E-state index contributed by atoms with van der Waals surface area (Å²) in [6.45, 7) is 7.04. The fraction of sp³-hybridized carbons (Fsp3) is 0.600. The van der Waals surface area contributed by atoms with Gasteiger partial charge in [-0.3, -0.25) is 4.48 Å². The largest absolute Gasteiger partial charge is 0.259 e. The summed E-state index contributed by atoms with van der Waals surface area (Å²) in [7, 11) is 0. The topological polar surface area (TPSA) is 0 Å². The lowest BCUT2D eigenvalue weighted by atomic mass is 10.0. The molecule has 0 saturated carbocycles. The molecular formula is C30H48N+. The highest BCUT2D eigenvalue weighted by molar-refractivity contribution is 5.58. The van der Waals surface area contributed by atoms with Crippen LogP contribution in [0.1, 0.15) is 104 Å². The van der Waals surface area contributed by atoms with Crippen molar-refractivity contribution in [3.8, 4) is 0 Å². The van der Waals surface area contributed by atoms with Crippen molar-refractivity contribution in [2.24, 2.45) is 0 Å². The average molecular weight is 423 g/mol. The molecule has 0 atom stereocenters. The Morgan fingerprint density at radius 1 is 0.419 bits per heavy atom. The van der Waals surface area contributed by atoms with Gasteiger partial charge in [0.25, 0.3) is 0 Å². The van der Waals surface area contributed by atoms with Crippen molar-refractivity contribution >= 4 is 11.4 Å². The summed E-state index contributed by atoms with van der Waals surface area (Å²) < 4.78 is 1.02. The van der Waals surface area contributed by atoms with Crippen LogP contribution in [0.15, 0.2) is 60.7 Å². The smallest absolute Gasteiger partial charge is 0.137 e. The average Bonchev–Trinajstić information content (AvgIpc) is 2.83. The minimum Gasteiger partial charge on any atom is -0.259 e. The van der Waals surface area contributed by atoms with Gasteiger partial charge in [-0.25, -0.2) is 0 Å². The molecule has 0 aromatic heterocycles. The van der Waals surface area contributed by atoms with Gasteiger partial charge >= 0.3 is 0 Å². The molecule has 2 aromatic rings. The molecule has 0 N–H and O–H groups in total. The molecule has 1 heteroatoms. The van der Waals surface area contributed by atoms with E-state index in [0.717, 1.165) is 4.48 Å². The third kappa shape index (κ3) is 9.19. The molecule has 0 spiro atoms. The maximum Gasteiger partial charge on any atom is 0.137 e. The quantitative estimate of drug-likeness (QED) is 0.166. The van der Waals surface area contributed by atoms with E-state index in [9.17, 15) is 0 Å². The Bertz CT molecular complexity index is 589. The van der Waals surface area contributed by atoms with Gasteiger partial charge in [0.2, 0.25) is 0 Å². The molecule has 0 aliphatic heterocycles. The number of para-hydroxylation sites is 2. The van der Waals surface area contributed by atoms with E-state index in [4.69, 9.17) is 0 Å². The van der Waals surface area contributed by atoms with Gasteiger partial charge in [-0.2, -0.15) is 0 Å². The minimum atomic E-state index is 1.02. The highest BCUT2D eigenvalue weighted by Gasteiger charge is 2.32. The van der Waals surface area contributed by atoms with Crippen molar-refractivity contribution in [3.63, 3.8) is 0 Å². The summed E-state index contributed by atoms with van der Waals surface area (Å²) in [4.78, 5) is 0. The fourth-order valence-corrected chi connectivity index (χ4v) is 4.88. The second-order valence-electron chi connectivity index (χ2n) is 9.33. The van der Waals surface area contributed by atoms with E-state index in [1.165, 1.54) is 114 Å². The molecule has 1 nitrogen and oxygen atoms in total. The number of rotatable bonds is 18. The van der Waals surface area contributed by atoms with Crippen molar-refractivity contribution in [3.05, 3.63) is 60.7 Å². The predicted molar refractivity (Wildman–Crippen MR) is 140 cm³/mol. The molecular weight excluding hydrogens is 374 g/mol. The Hall–Kier alpha value is -1.60. The van der Waals surface area contributed by atoms with Gasteiger partial charge in [0.05, 0.1) is 13.1 Å². The van der Waals surface area contributed by atoms with E-state index in [1.807, 2.05) is 0 Å². The highest BCUT2D eigenvalue weighted by atomic mass is 15.4. The minimum absolute atomic E-state index is 1.02. The normalized spacial score (nSPS) is 11.7. The number of unbranched alkanes of at least 4 members (excludes halogenated alkanes) is 12. The molecule has 0 heterocycles. The van der Waals surface area contributed by atoms with E-state index in [-0.39, 0.29) is 0 Å². The first-order valence-corrected chi connectivity index (χ1v) is 13.3. The van der Waals surface area contributed by atoms with Crippen LogP contribution < -0.4 is 4.48 Å². The Morgan fingerprint density at radius 2 is 0.742 bits per heavy atom. The Labute approximate surface area is 193 Å². The van der Waals surface area contributed by atoms with Gasteiger partial charge in [-0.1, -0.05) is 114 Å². The van der Waals surface area contributed by atoms with Gasteiger partial charge in [-0.05, 0) is 49.9 Å². The first kappa shape index (κ1) is 25.7. The first-order chi connectivity index (χ1) is 15.3. The SMILES string of the molecule is CCCCCCCCC[N+](CCCCCCCCC)(c1ccccc1)c1ccccc1. The second-order valence-corrected chi connectivity index (χ2v) is 9.33. The molecule has 0 radical (unpaired) electrons. The van der Waals surface area contributed by atoms with Gasteiger partial charge in [0.15, 0.2) is 0 Å². The summed E-state index contributed by atoms with van der Waals surface area (Å²) in [6, 6.07) is 22.6. The van der Waals surface area contributed by atoms with Crippen LogP contribution in [0.25, 0.3) is 0 Å². The molecule has 0 amide bonds. The Morgan fingerprint density at radius 3 is 1.10 bits per heavy atom.